The Morgan fingerprint density at radius 3 is 2.31 bits per heavy atom. The molecule has 35 heavy (non-hydrogen) atoms. The summed E-state index contributed by atoms with van der Waals surface area (Å²) in [7, 11) is 0. The fourth-order valence-electron chi connectivity index (χ4n) is 5.00. The van der Waals surface area contributed by atoms with E-state index in [4.69, 9.17) is 9.84 Å². The molecule has 0 radical (unpaired) electrons. The number of nitrogens with zero attached hydrogens (tertiary/aromatic N) is 3. The number of piperidine rings is 2. The number of likely N-dealkylation sites (tertiary alicyclic amines) is 2. The van der Waals surface area contributed by atoms with Gasteiger partial charge in [0.15, 0.2) is 0 Å². The third kappa shape index (κ3) is 6.37. The fourth-order valence-corrected chi connectivity index (χ4v) is 5.00. The van der Waals surface area contributed by atoms with Gasteiger partial charge in [0, 0.05) is 56.9 Å². The third-order valence-electron chi connectivity index (χ3n) is 7.09. The number of ether oxygens (including phenoxy) is 1. The minimum atomic E-state index is -0.764. The number of carboxylic acids is 1. The van der Waals surface area contributed by atoms with Crippen LogP contribution in [0.15, 0.2) is 18.2 Å². The Labute approximate surface area is 205 Å². The molecule has 190 valence electrons. The van der Waals surface area contributed by atoms with Crippen molar-refractivity contribution in [3.05, 3.63) is 29.3 Å². The second-order valence-electron chi connectivity index (χ2n) is 9.57. The largest absolute Gasteiger partial charge is 0.481 e. The normalized spacial score (nSPS) is 20.7. The minimum absolute atomic E-state index is 0.0649. The van der Waals surface area contributed by atoms with Crippen LogP contribution in [0.2, 0.25) is 0 Å². The highest BCUT2D eigenvalue weighted by Gasteiger charge is 2.30. The molecule has 3 aliphatic heterocycles. The van der Waals surface area contributed by atoms with Crippen LogP contribution in [0.1, 0.15) is 54.4 Å². The number of anilines is 1. The molecule has 0 aromatic heterocycles. The summed E-state index contributed by atoms with van der Waals surface area (Å²) in [5, 5.41) is 11.2. The maximum atomic E-state index is 13.2. The van der Waals surface area contributed by atoms with Crippen molar-refractivity contribution in [1.82, 2.24) is 15.1 Å². The number of aliphatic carboxylic acids is 1. The van der Waals surface area contributed by atoms with E-state index in [9.17, 15) is 19.2 Å². The van der Waals surface area contributed by atoms with Crippen LogP contribution in [-0.2, 0) is 14.3 Å². The molecule has 0 spiro atoms. The van der Waals surface area contributed by atoms with Gasteiger partial charge in [-0.25, -0.2) is 4.79 Å². The maximum Gasteiger partial charge on any atom is 0.328 e. The molecule has 1 aromatic rings. The average Bonchev–Trinajstić information content (AvgIpc) is 2.84. The van der Waals surface area contributed by atoms with Crippen LogP contribution >= 0.6 is 0 Å². The second kappa shape index (κ2) is 11.2. The molecule has 3 aliphatic rings. The van der Waals surface area contributed by atoms with E-state index in [-0.39, 0.29) is 36.9 Å². The maximum absolute atomic E-state index is 13.2. The summed E-state index contributed by atoms with van der Waals surface area (Å²) < 4.78 is 6.32. The Kier molecular flexibility index (Phi) is 8.02. The van der Waals surface area contributed by atoms with Gasteiger partial charge in [0.05, 0.1) is 18.6 Å². The first-order valence-corrected chi connectivity index (χ1v) is 12.4. The van der Waals surface area contributed by atoms with E-state index in [1.54, 1.807) is 12.1 Å². The summed E-state index contributed by atoms with van der Waals surface area (Å²) in [5.74, 6) is -1.12. The monoisotopic (exact) mass is 486 g/mol. The van der Waals surface area contributed by atoms with Crippen LogP contribution in [-0.4, -0.2) is 90.2 Å². The molecular weight excluding hydrogens is 452 g/mol. The number of benzene rings is 1. The number of urea groups is 1. The molecule has 3 heterocycles. The van der Waals surface area contributed by atoms with Gasteiger partial charge in [-0.1, -0.05) is 6.07 Å². The fraction of sp³-hybridized carbons (Fsp3) is 0.600. The number of nitrogens with one attached hydrogen (secondary N) is 1. The highest BCUT2D eigenvalue weighted by molar-refractivity contribution is 6.06. The van der Waals surface area contributed by atoms with Crippen LogP contribution in [0.25, 0.3) is 0 Å². The van der Waals surface area contributed by atoms with Crippen LogP contribution < -0.4 is 10.2 Å². The number of carboxylic acid groups (broad SMARTS) is 1. The van der Waals surface area contributed by atoms with Crippen molar-refractivity contribution in [2.75, 3.05) is 44.2 Å². The van der Waals surface area contributed by atoms with Gasteiger partial charge in [-0.2, -0.15) is 0 Å². The summed E-state index contributed by atoms with van der Waals surface area (Å²) in [6.45, 7) is 5.70. The van der Waals surface area contributed by atoms with E-state index >= 15 is 0 Å². The van der Waals surface area contributed by atoms with Gasteiger partial charge < -0.3 is 19.6 Å². The van der Waals surface area contributed by atoms with Gasteiger partial charge in [0.2, 0.25) is 5.91 Å². The van der Waals surface area contributed by atoms with E-state index in [1.165, 1.54) is 4.90 Å². The summed E-state index contributed by atoms with van der Waals surface area (Å²) in [6.07, 6.45) is 4.08. The Balaban J connectivity index is 1.27. The lowest BCUT2D eigenvalue weighted by Crippen LogP contribution is -2.50. The molecule has 4 amide bonds. The smallest absolute Gasteiger partial charge is 0.328 e. The van der Waals surface area contributed by atoms with Gasteiger partial charge in [-0.15, -0.1) is 0 Å². The number of amides is 4. The molecule has 0 saturated carbocycles. The minimum Gasteiger partial charge on any atom is -0.481 e. The quantitative estimate of drug-likeness (QED) is 0.605. The Hall–Kier alpha value is -2.98. The van der Waals surface area contributed by atoms with Gasteiger partial charge in [-0.05, 0) is 50.3 Å². The molecule has 10 nitrogen and oxygen atoms in total. The van der Waals surface area contributed by atoms with Gasteiger partial charge >= 0.3 is 12.0 Å². The molecule has 3 fully saturated rings. The van der Waals surface area contributed by atoms with Crippen molar-refractivity contribution in [2.45, 2.75) is 57.7 Å². The van der Waals surface area contributed by atoms with Crippen molar-refractivity contribution in [3.63, 3.8) is 0 Å². The highest BCUT2D eigenvalue weighted by atomic mass is 16.5. The zero-order valence-corrected chi connectivity index (χ0v) is 20.2. The zero-order valence-electron chi connectivity index (χ0n) is 20.2. The van der Waals surface area contributed by atoms with Crippen LogP contribution in [0.3, 0.4) is 0 Å². The number of imide groups is 1. The number of rotatable bonds is 7. The second-order valence-corrected chi connectivity index (χ2v) is 9.57. The molecule has 0 unspecified atom stereocenters. The van der Waals surface area contributed by atoms with Crippen molar-refractivity contribution in [2.24, 2.45) is 0 Å². The predicted molar refractivity (Wildman–Crippen MR) is 128 cm³/mol. The third-order valence-corrected chi connectivity index (χ3v) is 7.09. The van der Waals surface area contributed by atoms with E-state index in [0.717, 1.165) is 44.3 Å². The van der Waals surface area contributed by atoms with Gasteiger partial charge in [-0.3, -0.25) is 24.6 Å². The number of carbonyl (C=O) groups excluding carboxylic acids is 3. The number of carbonyl (C=O) groups is 4. The van der Waals surface area contributed by atoms with E-state index in [1.807, 2.05) is 17.9 Å². The molecule has 1 aromatic carbocycles. The summed E-state index contributed by atoms with van der Waals surface area (Å²) in [4.78, 5) is 53.2. The molecule has 10 heteroatoms. The van der Waals surface area contributed by atoms with Gasteiger partial charge in [0.25, 0.3) is 5.91 Å². The highest BCUT2D eigenvalue weighted by Crippen LogP contribution is 2.26. The standard InChI is InChI=1S/C25H34N4O6/c1-17-2-3-18(16-21(17)29-15-8-22(30)26-25(29)34)24(33)28-13-6-20(7-14-28)35-19-4-10-27(11-5-19)12-9-23(31)32/h2-3,16,19-20H,4-15H2,1H3,(H,31,32)(H,26,30,34). The van der Waals surface area contributed by atoms with Crippen molar-refractivity contribution in [3.8, 4) is 0 Å². The van der Waals surface area contributed by atoms with Crippen LogP contribution in [0.4, 0.5) is 10.5 Å². The summed E-state index contributed by atoms with van der Waals surface area (Å²) >= 11 is 0. The van der Waals surface area contributed by atoms with Crippen molar-refractivity contribution < 1.29 is 29.0 Å². The molecule has 4 rings (SSSR count). The lowest BCUT2D eigenvalue weighted by molar-refractivity contribution is -0.137. The average molecular weight is 487 g/mol. The van der Waals surface area contributed by atoms with Crippen LogP contribution in [0.5, 0.6) is 0 Å². The first kappa shape index (κ1) is 25.1. The van der Waals surface area contributed by atoms with E-state index in [2.05, 4.69) is 10.2 Å². The first-order chi connectivity index (χ1) is 16.8. The lowest BCUT2D eigenvalue weighted by atomic mass is 10.0. The number of hydrogen-bond acceptors (Lipinski definition) is 6. The number of aryl methyl sites for hydroxylation is 1. The van der Waals surface area contributed by atoms with Crippen molar-refractivity contribution in [1.29, 1.82) is 0 Å². The molecule has 0 aliphatic carbocycles. The summed E-state index contributed by atoms with van der Waals surface area (Å²) in [5.41, 5.74) is 2.05. The predicted octanol–water partition coefficient (Wildman–Crippen LogP) is 2.00. The van der Waals surface area contributed by atoms with E-state index in [0.29, 0.717) is 37.4 Å². The summed E-state index contributed by atoms with van der Waals surface area (Å²) in [6, 6.07) is 4.91. The van der Waals surface area contributed by atoms with E-state index < -0.39 is 12.0 Å². The molecule has 3 saturated heterocycles. The molecule has 0 bridgehead atoms. The lowest BCUT2D eigenvalue weighted by Gasteiger charge is -2.37. The Morgan fingerprint density at radius 1 is 1.03 bits per heavy atom. The number of hydrogen-bond donors (Lipinski definition) is 2. The SMILES string of the molecule is Cc1ccc(C(=O)N2CCC(OC3CCN(CCC(=O)O)CC3)CC2)cc1N1CCC(=O)NC1=O. The zero-order chi connectivity index (χ0) is 24.9. The topological polar surface area (TPSA) is 119 Å². The van der Waals surface area contributed by atoms with Crippen molar-refractivity contribution >= 4 is 29.5 Å². The molecular formula is C25H34N4O6. The molecule has 2 N–H and O–H groups in total. The van der Waals surface area contributed by atoms with Gasteiger partial charge in [0.1, 0.15) is 0 Å². The Bertz CT molecular complexity index is 967. The Morgan fingerprint density at radius 2 is 1.69 bits per heavy atom. The first-order valence-electron chi connectivity index (χ1n) is 12.4. The molecule has 0 atom stereocenters. The van der Waals surface area contributed by atoms with Crippen LogP contribution in [0, 0.1) is 6.92 Å².